The van der Waals surface area contributed by atoms with Gasteiger partial charge in [-0.05, 0) is 69.1 Å². The maximum atomic E-state index is 5.14. The normalized spacial score (nSPS) is 14.5. The Bertz CT molecular complexity index is 2230. The van der Waals surface area contributed by atoms with Crippen LogP contribution in [-0.2, 0) is 5.41 Å². The lowest BCUT2D eigenvalue weighted by molar-refractivity contribution is 0.550. The highest BCUT2D eigenvalue weighted by Crippen LogP contribution is 2.57. The monoisotopic (exact) mass is 577 g/mol. The Labute approximate surface area is 263 Å². The number of nitrogens with zero attached hydrogens (tertiary/aromatic N) is 3. The van der Waals surface area contributed by atoms with Crippen LogP contribution >= 0.6 is 0 Å². The first kappa shape index (κ1) is 26.0. The number of fused-ring (bicyclic) bond motifs is 6. The van der Waals surface area contributed by atoms with Gasteiger partial charge >= 0.3 is 0 Å². The minimum atomic E-state index is 0.164. The Kier molecular flexibility index (Phi) is 5.99. The largest absolute Gasteiger partial charge is 0.208 e. The fourth-order valence-corrected chi connectivity index (χ4v) is 7.75. The summed E-state index contributed by atoms with van der Waals surface area (Å²) >= 11 is 0. The summed E-state index contributed by atoms with van der Waals surface area (Å²) in [5, 5.41) is 2.36. The lowest BCUT2D eigenvalue weighted by Crippen LogP contribution is -2.20. The van der Waals surface area contributed by atoms with Gasteiger partial charge in [-0.1, -0.05) is 140 Å². The van der Waals surface area contributed by atoms with Crippen LogP contribution in [0.3, 0.4) is 0 Å². The molecule has 2 aliphatic rings. The van der Waals surface area contributed by atoms with Crippen molar-refractivity contribution >= 4 is 10.8 Å². The van der Waals surface area contributed by atoms with Crippen LogP contribution in [-0.4, -0.2) is 15.0 Å². The molecule has 1 saturated carbocycles. The number of hydrogen-bond acceptors (Lipinski definition) is 3. The molecule has 0 N–H and O–H groups in total. The van der Waals surface area contributed by atoms with E-state index in [1.807, 2.05) is 18.2 Å². The van der Waals surface area contributed by atoms with Crippen molar-refractivity contribution in [3.63, 3.8) is 0 Å². The van der Waals surface area contributed by atoms with Crippen molar-refractivity contribution in [3.8, 4) is 56.4 Å². The van der Waals surface area contributed by atoms with Crippen LogP contribution in [0.1, 0.15) is 36.8 Å². The van der Waals surface area contributed by atoms with Crippen molar-refractivity contribution in [2.24, 2.45) is 0 Å². The average molecular weight is 578 g/mol. The molecular weight excluding hydrogens is 546 g/mol. The minimum Gasteiger partial charge on any atom is -0.208 e. The lowest BCUT2D eigenvalue weighted by Gasteiger charge is -2.26. The van der Waals surface area contributed by atoms with Crippen molar-refractivity contribution in [1.82, 2.24) is 15.0 Å². The fourth-order valence-electron chi connectivity index (χ4n) is 7.75. The van der Waals surface area contributed by atoms with Crippen molar-refractivity contribution in [2.45, 2.75) is 31.1 Å². The molecule has 7 aromatic rings. The average Bonchev–Trinajstić information content (AvgIpc) is 3.72. The van der Waals surface area contributed by atoms with Gasteiger partial charge in [0.25, 0.3) is 0 Å². The Morgan fingerprint density at radius 2 is 0.978 bits per heavy atom. The maximum absolute atomic E-state index is 5.14. The predicted octanol–water partition coefficient (Wildman–Crippen LogP) is 10.5. The summed E-state index contributed by atoms with van der Waals surface area (Å²) in [7, 11) is 0. The molecule has 1 fully saturated rings. The van der Waals surface area contributed by atoms with E-state index >= 15 is 0 Å². The number of hydrogen-bond donors (Lipinski definition) is 0. The summed E-state index contributed by atoms with van der Waals surface area (Å²) < 4.78 is 0. The van der Waals surface area contributed by atoms with Crippen LogP contribution in [0.4, 0.5) is 0 Å². The maximum Gasteiger partial charge on any atom is 0.164 e. The number of aromatic nitrogens is 3. The molecule has 3 heteroatoms. The van der Waals surface area contributed by atoms with Gasteiger partial charge in [0.2, 0.25) is 0 Å². The minimum absolute atomic E-state index is 0.164. The Morgan fingerprint density at radius 1 is 0.378 bits per heavy atom. The van der Waals surface area contributed by atoms with Crippen LogP contribution in [0.25, 0.3) is 67.2 Å². The summed E-state index contributed by atoms with van der Waals surface area (Å²) in [4.78, 5) is 15.2. The first-order valence-electron chi connectivity index (χ1n) is 15.9. The molecule has 1 aromatic heterocycles. The van der Waals surface area contributed by atoms with Crippen molar-refractivity contribution in [2.75, 3.05) is 0 Å². The number of benzene rings is 6. The van der Waals surface area contributed by atoms with Gasteiger partial charge in [-0.3, -0.25) is 0 Å². The van der Waals surface area contributed by atoms with Gasteiger partial charge in [0.1, 0.15) is 0 Å². The third-order valence-corrected chi connectivity index (χ3v) is 9.88. The molecule has 0 unspecified atom stereocenters. The molecule has 0 atom stereocenters. The summed E-state index contributed by atoms with van der Waals surface area (Å²) in [5.41, 5.74) is 11.2. The van der Waals surface area contributed by atoms with Crippen LogP contribution < -0.4 is 0 Å². The molecule has 0 amide bonds. The second-order valence-electron chi connectivity index (χ2n) is 12.4. The predicted molar refractivity (Wildman–Crippen MR) is 184 cm³/mol. The van der Waals surface area contributed by atoms with Gasteiger partial charge in [-0.25, -0.2) is 15.0 Å². The zero-order valence-electron chi connectivity index (χ0n) is 24.9. The van der Waals surface area contributed by atoms with Crippen LogP contribution in [0, 0.1) is 0 Å². The molecule has 3 nitrogen and oxygen atoms in total. The van der Waals surface area contributed by atoms with Gasteiger partial charge < -0.3 is 0 Å². The molecule has 9 rings (SSSR count). The van der Waals surface area contributed by atoms with Crippen LogP contribution in [0.5, 0.6) is 0 Å². The highest BCUT2D eigenvalue weighted by atomic mass is 15.0. The lowest BCUT2D eigenvalue weighted by atomic mass is 9.76. The molecule has 0 bridgehead atoms. The van der Waals surface area contributed by atoms with E-state index in [1.165, 1.54) is 58.9 Å². The van der Waals surface area contributed by atoms with Crippen molar-refractivity contribution < 1.29 is 0 Å². The second-order valence-corrected chi connectivity index (χ2v) is 12.4. The molecular formula is C42H31N3. The fraction of sp³-hybridized carbons (Fsp3) is 0.119. The molecule has 0 saturated heterocycles. The van der Waals surface area contributed by atoms with Gasteiger partial charge in [0.05, 0.1) is 0 Å². The van der Waals surface area contributed by atoms with E-state index in [9.17, 15) is 0 Å². The highest BCUT2D eigenvalue weighted by Gasteiger charge is 2.44. The van der Waals surface area contributed by atoms with Gasteiger partial charge in [0, 0.05) is 22.1 Å². The third-order valence-electron chi connectivity index (χ3n) is 9.88. The summed E-state index contributed by atoms with van der Waals surface area (Å²) in [6, 6.07) is 49.7. The van der Waals surface area contributed by atoms with Crippen LogP contribution in [0.15, 0.2) is 140 Å². The Morgan fingerprint density at radius 3 is 1.80 bits per heavy atom. The molecule has 1 spiro atoms. The van der Waals surface area contributed by atoms with E-state index in [-0.39, 0.29) is 5.41 Å². The molecule has 214 valence electrons. The molecule has 0 aliphatic heterocycles. The summed E-state index contributed by atoms with van der Waals surface area (Å²) in [5.74, 6) is 2.02. The van der Waals surface area contributed by atoms with E-state index in [1.54, 1.807) is 0 Å². The molecule has 2 aliphatic carbocycles. The van der Waals surface area contributed by atoms with E-state index in [4.69, 9.17) is 15.0 Å². The van der Waals surface area contributed by atoms with E-state index in [0.717, 1.165) is 27.6 Å². The third kappa shape index (κ3) is 4.22. The molecule has 6 aromatic carbocycles. The second kappa shape index (κ2) is 10.3. The first-order valence-corrected chi connectivity index (χ1v) is 15.9. The zero-order chi connectivity index (χ0) is 29.8. The smallest absolute Gasteiger partial charge is 0.164 e. The van der Waals surface area contributed by atoms with Gasteiger partial charge in [-0.15, -0.1) is 0 Å². The molecule has 1 heterocycles. The summed E-state index contributed by atoms with van der Waals surface area (Å²) in [6.07, 6.45) is 5.05. The van der Waals surface area contributed by atoms with E-state index in [2.05, 4.69) is 121 Å². The standard InChI is InChI=1S/C42H31N3/c1-2-13-29(14-3-1)39-43-40(32-21-20-28-12-4-5-15-30(28)26-32)45-41(44-39)35-18-7-6-16-33(35)31-22-23-38-36(27-31)34-17-8-9-19-37(34)42(38)24-10-11-25-42/h1-9,12-23,26-27H,10-11,24-25H2. The Hall–Kier alpha value is -5.41. The van der Waals surface area contributed by atoms with Crippen molar-refractivity contribution in [1.29, 1.82) is 0 Å². The van der Waals surface area contributed by atoms with Crippen LogP contribution in [0.2, 0.25) is 0 Å². The summed E-state index contributed by atoms with van der Waals surface area (Å²) in [6.45, 7) is 0. The zero-order valence-corrected chi connectivity index (χ0v) is 24.9. The Balaban J connectivity index is 1.22. The molecule has 45 heavy (non-hydrogen) atoms. The number of rotatable bonds is 4. The first-order chi connectivity index (χ1) is 22.3. The highest BCUT2D eigenvalue weighted by molar-refractivity contribution is 5.89. The van der Waals surface area contributed by atoms with E-state index < -0.39 is 0 Å². The van der Waals surface area contributed by atoms with Gasteiger partial charge in [-0.2, -0.15) is 0 Å². The quantitative estimate of drug-likeness (QED) is 0.209. The molecule has 0 radical (unpaired) electrons. The topological polar surface area (TPSA) is 38.7 Å². The SMILES string of the molecule is c1ccc(-c2nc(-c3ccc4ccccc4c3)nc(-c3ccccc3-c3ccc4c(c3)-c3ccccc3C43CCCC3)n2)cc1. The van der Waals surface area contributed by atoms with Crippen molar-refractivity contribution in [3.05, 3.63) is 151 Å². The van der Waals surface area contributed by atoms with E-state index in [0.29, 0.717) is 17.5 Å². The van der Waals surface area contributed by atoms with Gasteiger partial charge in [0.15, 0.2) is 17.5 Å².